The normalized spacial score (nSPS) is 12.1. The third kappa shape index (κ3) is 2.27. The molecule has 8 rings (SSSR count). The number of hydrogen-bond donors (Lipinski definition) is 0. The highest BCUT2D eigenvalue weighted by Gasteiger charge is 2.23. The van der Waals surface area contributed by atoms with E-state index in [0.717, 1.165) is 5.82 Å². The number of thiophene rings is 1. The van der Waals surface area contributed by atoms with Gasteiger partial charge in [-0.15, -0.1) is 11.3 Å². The van der Waals surface area contributed by atoms with Crippen LogP contribution in [0.5, 0.6) is 0 Å². The average Bonchev–Trinajstić information content (AvgIpc) is 3.46. The molecule has 0 saturated carbocycles. The van der Waals surface area contributed by atoms with Gasteiger partial charge in [0.1, 0.15) is 5.82 Å². The van der Waals surface area contributed by atoms with E-state index in [4.69, 9.17) is 4.98 Å². The van der Waals surface area contributed by atoms with E-state index in [9.17, 15) is 0 Å². The summed E-state index contributed by atoms with van der Waals surface area (Å²) in [6.45, 7) is 0. The van der Waals surface area contributed by atoms with E-state index in [1.54, 1.807) is 0 Å². The molecule has 3 aromatic heterocycles. The molecule has 2 nitrogen and oxygen atoms in total. The predicted molar refractivity (Wildman–Crippen MR) is 146 cm³/mol. The van der Waals surface area contributed by atoms with Crippen LogP contribution in [0.25, 0.3) is 69.3 Å². The average molecular weight is 451 g/mol. The van der Waals surface area contributed by atoms with E-state index in [1.807, 2.05) is 23.6 Å². The highest BCUT2D eigenvalue weighted by molar-refractivity contribution is 7.27. The number of pyridine rings is 1. The molecule has 3 heteroatoms. The Bertz CT molecular complexity index is 2060. The van der Waals surface area contributed by atoms with Crippen LogP contribution in [0.15, 0.2) is 109 Å². The van der Waals surface area contributed by atoms with E-state index >= 15 is 0 Å². The highest BCUT2D eigenvalue weighted by atomic mass is 32.1. The van der Waals surface area contributed by atoms with Crippen LogP contribution in [0.3, 0.4) is 0 Å². The lowest BCUT2D eigenvalue weighted by Crippen LogP contribution is -1.96. The maximum atomic E-state index is 4.82. The first-order valence-electron chi connectivity index (χ1n) is 11.5. The number of benzene rings is 5. The summed E-state index contributed by atoms with van der Waals surface area (Å²) >= 11 is 1.89. The van der Waals surface area contributed by atoms with Crippen LogP contribution in [0.2, 0.25) is 0 Å². The van der Waals surface area contributed by atoms with Crippen molar-refractivity contribution in [3.05, 3.63) is 109 Å². The Morgan fingerprint density at radius 3 is 2.15 bits per heavy atom. The molecular formula is C31H18N2S. The molecule has 3 heterocycles. The third-order valence-electron chi connectivity index (χ3n) is 7.01. The second-order valence-electron chi connectivity index (χ2n) is 8.78. The lowest BCUT2D eigenvalue weighted by atomic mass is 9.97. The van der Waals surface area contributed by atoms with Gasteiger partial charge in [0.05, 0.1) is 11.0 Å². The topological polar surface area (TPSA) is 17.8 Å². The van der Waals surface area contributed by atoms with Gasteiger partial charge in [0.2, 0.25) is 0 Å². The van der Waals surface area contributed by atoms with Gasteiger partial charge in [0.15, 0.2) is 0 Å². The number of nitrogens with zero attached hydrogens (tertiary/aromatic N) is 2. The summed E-state index contributed by atoms with van der Waals surface area (Å²) in [5, 5.41) is 10.4. The highest BCUT2D eigenvalue weighted by Crippen LogP contribution is 2.48. The molecule has 0 saturated heterocycles. The van der Waals surface area contributed by atoms with Gasteiger partial charge in [-0.3, -0.25) is 4.57 Å². The van der Waals surface area contributed by atoms with E-state index in [2.05, 4.69) is 102 Å². The summed E-state index contributed by atoms with van der Waals surface area (Å²) in [7, 11) is 0. The fraction of sp³-hybridized carbons (Fsp3) is 0. The fourth-order valence-corrected chi connectivity index (χ4v) is 6.90. The molecule has 5 aromatic carbocycles. The minimum atomic E-state index is 0.949. The molecule has 0 spiro atoms. The molecular weight excluding hydrogens is 432 g/mol. The lowest BCUT2D eigenvalue weighted by Gasteiger charge is -2.09. The second-order valence-corrected chi connectivity index (χ2v) is 9.83. The van der Waals surface area contributed by atoms with Crippen LogP contribution in [-0.4, -0.2) is 9.55 Å². The molecule has 0 radical (unpaired) electrons. The monoisotopic (exact) mass is 450 g/mol. The molecule has 0 unspecified atom stereocenters. The smallest absolute Gasteiger partial charge is 0.137 e. The van der Waals surface area contributed by atoms with Crippen molar-refractivity contribution in [1.82, 2.24) is 9.55 Å². The summed E-state index contributed by atoms with van der Waals surface area (Å²) in [6.07, 6.45) is 1.89. The van der Waals surface area contributed by atoms with E-state index in [-0.39, 0.29) is 0 Å². The molecule has 0 aliphatic heterocycles. The van der Waals surface area contributed by atoms with Gasteiger partial charge in [-0.1, -0.05) is 78.9 Å². The number of aromatic nitrogens is 2. The minimum absolute atomic E-state index is 0.949. The Kier molecular flexibility index (Phi) is 3.57. The largest absolute Gasteiger partial charge is 0.293 e. The molecule has 158 valence electrons. The Morgan fingerprint density at radius 2 is 1.29 bits per heavy atom. The van der Waals surface area contributed by atoms with Crippen LogP contribution < -0.4 is 0 Å². The zero-order chi connectivity index (χ0) is 22.2. The van der Waals surface area contributed by atoms with Gasteiger partial charge >= 0.3 is 0 Å². The van der Waals surface area contributed by atoms with Crippen LogP contribution in [0, 0.1) is 0 Å². The first-order valence-corrected chi connectivity index (χ1v) is 12.3. The van der Waals surface area contributed by atoms with Crippen molar-refractivity contribution in [2.75, 3.05) is 0 Å². The number of fused-ring (bicyclic) bond motifs is 12. The summed E-state index contributed by atoms with van der Waals surface area (Å²) < 4.78 is 5.04. The lowest BCUT2D eigenvalue weighted by molar-refractivity contribution is 1.09. The number of hydrogen-bond acceptors (Lipinski definition) is 2. The van der Waals surface area contributed by atoms with Gasteiger partial charge in [0, 0.05) is 42.5 Å². The summed E-state index contributed by atoms with van der Waals surface area (Å²) in [5.74, 6) is 0.949. The standard InChI is InChI=1S/C31H18N2S/c1-2-10-20-19(9-1)16-17-24-27(20)28-21-11-3-4-12-22(21)31-29(23-13-5-6-14-25(23)34-31)30(28)33(24)26-15-7-8-18-32-26/h1-18H. The maximum absolute atomic E-state index is 4.82. The Balaban J connectivity index is 1.81. The van der Waals surface area contributed by atoms with Crippen molar-refractivity contribution in [2.45, 2.75) is 0 Å². The van der Waals surface area contributed by atoms with E-state index in [0.29, 0.717) is 0 Å². The fourth-order valence-electron chi connectivity index (χ4n) is 5.65. The molecule has 8 aromatic rings. The van der Waals surface area contributed by atoms with Crippen molar-refractivity contribution in [2.24, 2.45) is 0 Å². The number of rotatable bonds is 1. The molecule has 0 bridgehead atoms. The molecule has 0 atom stereocenters. The van der Waals surface area contributed by atoms with Gasteiger partial charge in [-0.05, 0) is 40.4 Å². The molecule has 0 fully saturated rings. The molecule has 34 heavy (non-hydrogen) atoms. The van der Waals surface area contributed by atoms with Gasteiger partial charge in [-0.2, -0.15) is 0 Å². The first kappa shape index (κ1) is 18.2. The SMILES string of the molecule is c1ccc(-n2c3ccc4ccccc4c3c3c4ccccc4c4sc5ccccc5c4c32)nc1. The van der Waals surface area contributed by atoms with Crippen LogP contribution in [0.4, 0.5) is 0 Å². The minimum Gasteiger partial charge on any atom is -0.293 e. The van der Waals surface area contributed by atoms with Crippen molar-refractivity contribution >= 4 is 74.9 Å². The van der Waals surface area contributed by atoms with Crippen LogP contribution in [0.1, 0.15) is 0 Å². The molecule has 0 amide bonds. The van der Waals surface area contributed by atoms with Crippen molar-refractivity contribution < 1.29 is 0 Å². The molecule has 0 aliphatic rings. The van der Waals surface area contributed by atoms with E-state index < -0.39 is 0 Å². The Labute approximate surface area is 199 Å². The zero-order valence-corrected chi connectivity index (χ0v) is 19.0. The predicted octanol–water partition coefficient (Wildman–Crippen LogP) is 8.85. The quantitative estimate of drug-likeness (QED) is 0.244. The summed E-state index contributed by atoms with van der Waals surface area (Å²) in [5.41, 5.74) is 2.44. The third-order valence-corrected chi connectivity index (χ3v) is 8.21. The van der Waals surface area contributed by atoms with Crippen LogP contribution in [-0.2, 0) is 0 Å². The van der Waals surface area contributed by atoms with Crippen molar-refractivity contribution in [3.63, 3.8) is 0 Å². The van der Waals surface area contributed by atoms with Crippen LogP contribution >= 0.6 is 11.3 Å². The van der Waals surface area contributed by atoms with Gasteiger partial charge in [-0.25, -0.2) is 4.98 Å². The van der Waals surface area contributed by atoms with Crippen molar-refractivity contribution in [3.8, 4) is 5.82 Å². The molecule has 0 aliphatic carbocycles. The van der Waals surface area contributed by atoms with Crippen molar-refractivity contribution in [1.29, 1.82) is 0 Å². The summed E-state index contributed by atoms with van der Waals surface area (Å²) in [6, 6.07) is 37.1. The second kappa shape index (κ2) is 6.66. The maximum Gasteiger partial charge on any atom is 0.137 e. The van der Waals surface area contributed by atoms with Gasteiger partial charge in [0.25, 0.3) is 0 Å². The van der Waals surface area contributed by atoms with Gasteiger partial charge < -0.3 is 0 Å². The summed E-state index contributed by atoms with van der Waals surface area (Å²) in [4.78, 5) is 4.82. The molecule has 0 N–H and O–H groups in total. The Hall–Kier alpha value is -4.21. The van der Waals surface area contributed by atoms with E-state index in [1.165, 1.54) is 63.5 Å². The first-order chi connectivity index (χ1) is 16.9. The zero-order valence-electron chi connectivity index (χ0n) is 18.2. The Morgan fingerprint density at radius 1 is 0.559 bits per heavy atom.